The zero-order valence-corrected chi connectivity index (χ0v) is 13.8. The molecule has 7 nitrogen and oxygen atoms in total. The fourth-order valence-corrected chi connectivity index (χ4v) is 4.19. The topological polar surface area (TPSA) is 91.4 Å². The second kappa shape index (κ2) is 5.05. The van der Waals surface area contributed by atoms with E-state index in [4.69, 9.17) is 18.9 Å². The number of carbonyl (C=O) groups excluding carboxylic acids is 3. The van der Waals surface area contributed by atoms with Gasteiger partial charge >= 0.3 is 17.9 Å². The summed E-state index contributed by atoms with van der Waals surface area (Å²) >= 11 is 0. The van der Waals surface area contributed by atoms with Gasteiger partial charge in [0.1, 0.15) is 18.3 Å². The summed E-state index contributed by atoms with van der Waals surface area (Å²) in [4.78, 5) is 35.8. The number of hydrogen-bond donors (Lipinski definition) is 0. The highest BCUT2D eigenvalue weighted by Gasteiger charge is 2.60. The Morgan fingerprint density at radius 3 is 2.79 bits per heavy atom. The van der Waals surface area contributed by atoms with Gasteiger partial charge in [0, 0.05) is 25.7 Å². The minimum atomic E-state index is -0.684. The van der Waals surface area contributed by atoms with Crippen LogP contribution in [0.2, 0.25) is 0 Å². The van der Waals surface area contributed by atoms with Gasteiger partial charge in [0.2, 0.25) is 0 Å². The normalized spacial score (nSPS) is 46.2. The van der Waals surface area contributed by atoms with Crippen molar-refractivity contribution in [2.75, 3.05) is 0 Å². The van der Waals surface area contributed by atoms with Gasteiger partial charge < -0.3 is 18.9 Å². The van der Waals surface area contributed by atoms with Crippen molar-refractivity contribution in [1.82, 2.24) is 0 Å². The third-order valence-corrected chi connectivity index (χ3v) is 5.57. The van der Waals surface area contributed by atoms with Crippen LogP contribution in [0.5, 0.6) is 0 Å². The van der Waals surface area contributed by atoms with Gasteiger partial charge in [0.05, 0.1) is 23.2 Å². The Morgan fingerprint density at radius 1 is 1.33 bits per heavy atom. The summed E-state index contributed by atoms with van der Waals surface area (Å²) in [6.07, 6.45) is 0.904. The van der Waals surface area contributed by atoms with Crippen molar-refractivity contribution in [2.45, 2.75) is 63.6 Å². The number of esters is 3. The average Bonchev–Trinajstić information content (AvgIpc) is 2.80. The molecule has 2 bridgehead atoms. The second-order valence-corrected chi connectivity index (χ2v) is 7.29. The van der Waals surface area contributed by atoms with Crippen LogP contribution < -0.4 is 0 Å². The molecule has 0 N–H and O–H groups in total. The lowest BCUT2D eigenvalue weighted by Crippen LogP contribution is -2.35. The summed E-state index contributed by atoms with van der Waals surface area (Å²) in [5.74, 6) is -1.85. The van der Waals surface area contributed by atoms with Crippen LogP contribution >= 0.6 is 0 Å². The molecule has 0 radical (unpaired) electrons. The van der Waals surface area contributed by atoms with Crippen LogP contribution in [0, 0.1) is 11.8 Å². The molecular weight excluding hydrogens is 316 g/mol. The molecule has 24 heavy (non-hydrogen) atoms. The highest BCUT2D eigenvalue weighted by atomic mass is 16.6. The summed E-state index contributed by atoms with van der Waals surface area (Å²) in [7, 11) is 0. The first-order valence-electron chi connectivity index (χ1n) is 8.27. The van der Waals surface area contributed by atoms with Crippen LogP contribution in [0.1, 0.15) is 33.6 Å². The van der Waals surface area contributed by atoms with Gasteiger partial charge in [-0.2, -0.15) is 0 Å². The predicted octanol–water partition coefficient (Wildman–Crippen LogP) is 0.899. The van der Waals surface area contributed by atoms with Crippen molar-refractivity contribution in [3.05, 3.63) is 11.6 Å². The predicted molar refractivity (Wildman–Crippen MR) is 78.6 cm³/mol. The molecule has 0 amide bonds. The van der Waals surface area contributed by atoms with Gasteiger partial charge in [0.25, 0.3) is 0 Å². The van der Waals surface area contributed by atoms with E-state index in [1.807, 2.05) is 6.92 Å². The number of fused-ring (bicyclic) bond motifs is 4. The van der Waals surface area contributed by atoms with E-state index in [1.165, 1.54) is 6.92 Å². The van der Waals surface area contributed by atoms with Gasteiger partial charge in [0.15, 0.2) is 0 Å². The third kappa shape index (κ3) is 2.33. The number of hydrogen-bond acceptors (Lipinski definition) is 7. The van der Waals surface area contributed by atoms with Gasteiger partial charge in [-0.3, -0.25) is 9.59 Å². The Bertz CT molecular complexity index is 653. The van der Waals surface area contributed by atoms with Crippen molar-refractivity contribution >= 4 is 17.9 Å². The summed E-state index contributed by atoms with van der Waals surface area (Å²) in [5.41, 5.74) is -0.105. The molecule has 130 valence electrons. The van der Waals surface area contributed by atoms with Crippen molar-refractivity contribution in [1.29, 1.82) is 0 Å². The number of rotatable bonds is 1. The maximum atomic E-state index is 12.3. The smallest absolute Gasteiger partial charge is 0.338 e. The maximum absolute atomic E-state index is 12.3. The molecule has 0 aromatic rings. The molecule has 4 rings (SSSR count). The second-order valence-electron chi connectivity index (χ2n) is 7.29. The third-order valence-electron chi connectivity index (χ3n) is 5.57. The number of epoxide rings is 1. The molecule has 3 heterocycles. The van der Waals surface area contributed by atoms with E-state index in [2.05, 4.69) is 0 Å². The van der Waals surface area contributed by atoms with Gasteiger partial charge in [-0.25, -0.2) is 4.79 Å². The Morgan fingerprint density at radius 2 is 2.08 bits per heavy atom. The zero-order chi connectivity index (χ0) is 17.2. The van der Waals surface area contributed by atoms with Gasteiger partial charge in [-0.1, -0.05) is 6.92 Å². The number of ether oxygens (including phenoxy) is 4. The minimum Gasteiger partial charge on any atom is -0.462 e. The van der Waals surface area contributed by atoms with Crippen molar-refractivity contribution in [3.63, 3.8) is 0 Å². The molecular formula is C17H20O7. The molecule has 2 saturated heterocycles. The molecule has 1 aliphatic carbocycles. The SMILES string of the molecule is CC(=O)OC1C[C@@H]2OC2(C)C[C@@H]2OC(=O)[C@H](C)[C@H]2[C@H]2C=C1C(=O)O2. The first-order chi connectivity index (χ1) is 11.3. The zero-order valence-electron chi connectivity index (χ0n) is 13.8. The Balaban J connectivity index is 1.72. The highest BCUT2D eigenvalue weighted by molar-refractivity contribution is 5.92. The first-order valence-corrected chi connectivity index (χ1v) is 8.27. The van der Waals surface area contributed by atoms with Crippen molar-refractivity contribution < 1.29 is 33.3 Å². The van der Waals surface area contributed by atoms with E-state index in [1.54, 1.807) is 13.0 Å². The van der Waals surface area contributed by atoms with Crippen molar-refractivity contribution in [2.24, 2.45) is 11.8 Å². The molecule has 0 saturated carbocycles. The van der Waals surface area contributed by atoms with Crippen LogP contribution in [-0.4, -0.2) is 47.9 Å². The molecule has 7 heteroatoms. The molecule has 0 aromatic heterocycles. The summed E-state index contributed by atoms with van der Waals surface area (Å²) in [6, 6.07) is 0. The van der Waals surface area contributed by atoms with Crippen LogP contribution in [0.3, 0.4) is 0 Å². The molecule has 0 spiro atoms. The minimum absolute atomic E-state index is 0.150. The molecule has 2 fully saturated rings. The van der Waals surface area contributed by atoms with Gasteiger partial charge in [-0.05, 0) is 13.0 Å². The average molecular weight is 336 g/mol. The molecule has 2 unspecified atom stereocenters. The fraction of sp³-hybridized carbons (Fsp3) is 0.706. The Kier molecular flexibility index (Phi) is 3.29. The van der Waals surface area contributed by atoms with E-state index in [0.29, 0.717) is 18.4 Å². The van der Waals surface area contributed by atoms with Crippen molar-refractivity contribution in [3.8, 4) is 0 Å². The monoisotopic (exact) mass is 336 g/mol. The summed E-state index contributed by atoms with van der Waals surface area (Å²) in [5, 5.41) is 0. The van der Waals surface area contributed by atoms with Gasteiger partial charge in [-0.15, -0.1) is 0 Å². The maximum Gasteiger partial charge on any atom is 0.338 e. The lowest BCUT2D eigenvalue weighted by Gasteiger charge is -2.25. The Hall–Kier alpha value is -1.89. The molecule has 0 aromatic carbocycles. The summed E-state index contributed by atoms with van der Waals surface area (Å²) in [6.45, 7) is 5.05. The highest BCUT2D eigenvalue weighted by Crippen LogP contribution is 2.50. The molecule has 3 aliphatic heterocycles. The summed E-state index contributed by atoms with van der Waals surface area (Å²) < 4.78 is 22.2. The van der Waals surface area contributed by atoms with E-state index < -0.39 is 29.7 Å². The lowest BCUT2D eigenvalue weighted by atomic mass is 9.81. The fourth-order valence-electron chi connectivity index (χ4n) is 4.19. The van der Waals surface area contributed by atoms with E-state index in [-0.39, 0.29) is 30.0 Å². The van der Waals surface area contributed by atoms with Crippen LogP contribution in [0.15, 0.2) is 11.6 Å². The van der Waals surface area contributed by atoms with Crippen LogP contribution in [0.4, 0.5) is 0 Å². The van der Waals surface area contributed by atoms with E-state index >= 15 is 0 Å². The van der Waals surface area contributed by atoms with E-state index in [0.717, 1.165) is 0 Å². The quantitative estimate of drug-likeness (QED) is 0.399. The Labute approximate surface area is 139 Å². The standard InChI is InChI=1S/C17H20O7/c1-7-14-11-4-9(16(20)22-11)10(21-8(2)18)5-13-17(3,24-13)6-12(14)23-15(7)19/h4,7,10-14H,5-6H2,1-3H3/t7-,10?,11-,12+,13+,14+,17?/m1/s1. The number of carbonyl (C=O) groups is 3. The lowest BCUT2D eigenvalue weighted by molar-refractivity contribution is -0.148. The van der Waals surface area contributed by atoms with E-state index in [9.17, 15) is 14.4 Å². The molecule has 4 aliphatic rings. The first kappa shape index (κ1) is 15.6. The van der Waals surface area contributed by atoms with Crippen LogP contribution in [-0.2, 0) is 33.3 Å². The largest absolute Gasteiger partial charge is 0.462 e. The van der Waals surface area contributed by atoms with Crippen LogP contribution in [0.25, 0.3) is 0 Å². The molecule has 7 atom stereocenters.